The number of ether oxygens (including phenoxy) is 2. The quantitative estimate of drug-likeness (QED) is 0.182. The molecule has 0 aromatic carbocycles. The summed E-state index contributed by atoms with van der Waals surface area (Å²) in [4.78, 5) is 0. The van der Waals surface area contributed by atoms with Crippen molar-refractivity contribution in [2.45, 2.75) is 162 Å². The summed E-state index contributed by atoms with van der Waals surface area (Å²) in [7, 11) is 0. The van der Waals surface area contributed by atoms with E-state index in [2.05, 4.69) is 54.5 Å². The molecule has 0 radical (unpaired) electrons. The average Bonchev–Trinajstić information content (AvgIpc) is 3.32. The van der Waals surface area contributed by atoms with Gasteiger partial charge in [-0.1, -0.05) is 46.3 Å². The normalized spacial score (nSPS) is 51.5. The van der Waals surface area contributed by atoms with Crippen LogP contribution in [0.15, 0.2) is 11.6 Å². The molecule has 5 rings (SSSR count). The van der Waals surface area contributed by atoms with E-state index in [1.807, 2.05) is 6.92 Å². The Kier molecular flexibility index (Phi) is 9.35. The molecule has 4 saturated carbocycles. The van der Waals surface area contributed by atoms with Gasteiger partial charge in [-0.15, -0.1) is 0 Å². The summed E-state index contributed by atoms with van der Waals surface area (Å²) in [5.41, 5.74) is 0.122. The van der Waals surface area contributed by atoms with Crippen molar-refractivity contribution >= 4 is 0 Å². The average molecular weight is 623 g/mol. The third kappa shape index (κ3) is 5.26. The molecule has 0 amide bonds. The van der Waals surface area contributed by atoms with Gasteiger partial charge in [-0.25, -0.2) is 0 Å². The van der Waals surface area contributed by atoms with E-state index in [4.69, 9.17) is 9.47 Å². The molecule has 0 unspecified atom stereocenters. The molecule has 6 N–H and O–H groups in total. The third-order valence-corrected chi connectivity index (χ3v) is 14.5. The Bertz CT molecular complexity index is 1070. The summed E-state index contributed by atoms with van der Waals surface area (Å²) < 4.78 is 12.2. The Labute approximate surface area is 265 Å². The summed E-state index contributed by atoms with van der Waals surface area (Å²) in [6.45, 7) is 17.5. The van der Waals surface area contributed by atoms with Crippen molar-refractivity contribution in [3.8, 4) is 0 Å². The molecule has 1 saturated heterocycles. The maximum atomic E-state index is 12.0. The van der Waals surface area contributed by atoms with Crippen molar-refractivity contribution in [2.24, 2.45) is 45.3 Å². The molecule has 15 atom stereocenters. The lowest BCUT2D eigenvalue weighted by Gasteiger charge is -2.70. The topological polar surface area (TPSA) is 140 Å². The Morgan fingerprint density at radius 3 is 2.18 bits per heavy atom. The molecule has 0 spiro atoms. The lowest BCUT2D eigenvalue weighted by Crippen LogP contribution is -2.67. The Balaban J connectivity index is 1.37. The lowest BCUT2D eigenvalue weighted by molar-refractivity contribution is -0.332. The fourth-order valence-corrected chi connectivity index (χ4v) is 11.9. The van der Waals surface area contributed by atoms with Crippen molar-refractivity contribution in [2.75, 3.05) is 6.61 Å². The molecule has 0 aromatic heterocycles. The zero-order valence-electron chi connectivity index (χ0n) is 28.5. The van der Waals surface area contributed by atoms with E-state index >= 15 is 0 Å². The highest BCUT2D eigenvalue weighted by Gasteiger charge is 2.71. The Morgan fingerprint density at radius 2 is 1.55 bits per heavy atom. The summed E-state index contributed by atoms with van der Waals surface area (Å²) >= 11 is 0. The molecule has 1 heterocycles. The monoisotopic (exact) mass is 622 g/mol. The van der Waals surface area contributed by atoms with Crippen LogP contribution in [0, 0.1) is 45.3 Å². The van der Waals surface area contributed by atoms with Gasteiger partial charge >= 0.3 is 0 Å². The molecule has 8 heteroatoms. The molecule has 0 aromatic rings. The largest absolute Gasteiger partial charge is 0.394 e. The van der Waals surface area contributed by atoms with Crippen LogP contribution in [0.25, 0.3) is 0 Å². The van der Waals surface area contributed by atoms with Crippen LogP contribution in [0.4, 0.5) is 0 Å². The van der Waals surface area contributed by atoms with Gasteiger partial charge in [-0.2, -0.15) is 0 Å². The SMILES string of the molecule is CC(C)=CCC[C@](C)(O)[C@H]1CC[C@@]2(C)[C@@H]1[C@H](O)C[C@@H]1[C@@]3(C)CC[C@H](O[C@H]4O[C@H](CO)[C@@H](O)[C@H](O)[C@H]4O)C(C)(C)[C@@H]3CC[C@]12C. The molecular formula is C36H62O8. The molecule has 1 aliphatic heterocycles. The number of allylic oxidation sites excluding steroid dienone is 2. The van der Waals surface area contributed by atoms with Gasteiger partial charge in [0.15, 0.2) is 6.29 Å². The standard InChI is InChI=1S/C36H62O8/c1-20(2)10-9-14-36(8,42)21-11-16-35(7)27(21)22(38)18-25-33(5)15-13-26(32(3,4)24(33)12-17-34(25,35)6)44-31-30(41)29(40)28(39)23(19-37)43-31/h10,21-31,37-42H,9,11-19H2,1-8H3/t21-,22+,23+,24-,25+,26-,27-,28+,29-,30+,31+,33-,34+,35-,36-/m0/s1. The van der Waals surface area contributed by atoms with Crippen molar-refractivity contribution in [1.82, 2.24) is 0 Å². The number of fused-ring (bicyclic) bond motifs is 5. The predicted molar refractivity (Wildman–Crippen MR) is 168 cm³/mol. The van der Waals surface area contributed by atoms with Crippen LogP contribution in [-0.2, 0) is 9.47 Å². The van der Waals surface area contributed by atoms with Crippen molar-refractivity contribution in [3.63, 3.8) is 0 Å². The minimum atomic E-state index is -1.46. The number of hydrogen-bond donors (Lipinski definition) is 6. The number of aliphatic hydroxyl groups is 6. The van der Waals surface area contributed by atoms with Crippen LogP contribution in [0.3, 0.4) is 0 Å². The minimum Gasteiger partial charge on any atom is -0.394 e. The summed E-state index contributed by atoms with van der Waals surface area (Å²) in [6, 6.07) is 0. The van der Waals surface area contributed by atoms with Gasteiger partial charge in [-0.05, 0) is 124 Å². The van der Waals surface area contributed by atoms with Crippen LogP contribution in [0.2, 0.25) is 0 Å². The molecular weight excluding hydrogens is 560 g/mol. The van der Waals surface area contributed by atoms with Gasteiger partial charge in [0.2, 0.25) is 0 Å². The molecule has 0 bridgehead atoms. The molecule has 8 nitrogen and oxygen atoms in total. The maximum absolute atomic E-state index is 12.0. The first kappa shape index (κ1) is 34.7. The van der Waals surface area contributed by atoms with Crippen LogP contribution in [0.1, 0.15) is 113 Å². The second-order valence-corrected chi connectivity index (χ2v) is 17.3. The van der Waals surface area contributed by atoms with Gasteiger partial charge in [-0.3, -0.25) is 0 Å². The van der Waals surface area contributed by atoms with Gasteiger partial charge in [0.25, 0.3) is 0 Å². The maximum Gasteiger partial charge on any atom is 0.186 e. The number of rotatable bonds is 7. The van der Waals surface area contributed by atoms with Crippen LogP contribution >= 0.6 is 0 Å². The smallest absolute Gasteiger partial charge is 0.186 e. The van der Waals surface area contributed by atoms with E-state index in [1.165, 1.54) is 5.57 Å². The highest BCUT2D eigenvalue weighted by molar-refractivity contribution is 5.20. The first-order chi connectivity index (χ1) is 20.3. The van der Waals surface area contributed by atoms with Crippen molar-refractivity contribution < 1.29 is 40.1 Å². The first-order valence-corrected chi connectivity index (χ1v) is 17.3. The number of hydrogen-bond acceptors (Lipinski definition) is 8. The van der Waals surface area contributed by atoms with E-state index in [-0.39, 0.29) is 39.6 Å². The Morgan fingerprint density at radius 1 is 0.886 bits per heavy atom. The van der Waals surface area contributed by atoms with Gasteiger partial charge < -0.3 is 40.1 Å². The lowest BCUT2D eigenvalue weighted by atomic mass is 9.35. The third-order valence-electron chi connectivity index (χ3n) is 14.5. The van der Waals surface area contributed by atoms with Gasteiger partial charge in [0, 0.05) is 0 Å². The van der Waals surface area contributed by atoms with E-state index in [0.717, 1.165) is 51.4 Å². The van der Waals surface area contributed by atoms with E-state index in [1.54, 1.807) is 0 Å². The zero-order chi connectivity index (χ0) is 32.6. The summed E-state index contributed by atoms with van der Waals surface area (Å²) in [5.74, 6) is 0.792. The second kappa shape index (κ2) is 11.8. The van der Waals surface area contributed by atoms with Crippen molar-refractivity contribution in [3.05, 3.63) is 11.6 Å². The predicted octanol–water partition coefficient (Wildman–Crippen LogP) is 4.32. The summed E-state index contributed by atoms with van der Waals surface area (Å²) in [6.07, 6.45) is 3.15. The highest BCUT2D eigenvalue weighted by Crippen LogP contribution is 2.76. The molecule has 5 aliphatic rings. The fourth-order valence-electron chi connectivity index (χ4n) is 11.9. The minimum absolute atomic E-state index is 0.0231. The zero-order valence-corrected chi connectivity index (χ0v) is 28.5. The molecule has 5 fully saturated rings. The summed E-state index contributed by atoms with van der Waals surface area (Å²) in [5, 5.41) is 64.8. The Hall–Kier alpha value is -0.580. The highest BCUT2D eigenvalue weighted by atomic mass is 16.7. The van der Waals surface area contributed by atoms with Crippen LogP contribution in [-0.4, -0.2) is 85.8 Å². The van der Waals surface area contributed by atoms with E-state index in [9.17, 15) is 30.6 Å². The van der Waals surface area contributed by atoms with Gasteiger partial charge in [0.05, 0.1) is 24.4 Å². The molecule has 44 heavy (non-hydrogen) atoms. The van der Waals surface area contributed by atoms with Crippen molar-refractivity contribution in [1.29, 1.82) is 0 Å². The number of aliphatic hydroxyl groups excluding tert-OH is 5. The van der Waals surface area contributed by atoms with Crippen LogP contribution in [0.5, 0.6) is 0 Å². The van der Waals surface area contributed by atoms with E-state index in [0.29, 0.717) is 18.3 Å². The fraction of sp³-hybridized carbons (Fsp3) is 0.944. The first-order valence-electron chi connectivity index (χ1n) is 17.3. The second-order valence-electron chi connectivity index (χ2n) is 17.3. The van der Waals surface area contributed by atoms with Gasteiger partial charge in [0.1, 0.15) is 24.4 Å². The van der Waals surface area contributed by atoms with Crippen LogP contribution < -0.4 is 0 Å². The van der Waals surface area contributed by atoms with E-state index < -0.39 is 49.0 Å². The molecule has 254 valence electrons. The molecule has 4 aliphatic carbocycles.